The number of rotatable bonds is 5. The quantitative estimate of drug-likeness (QED) is 0.901. The van der Waals surface area contributed by atoms with Crippen molar-refractivity contribution >= 4 is 5.91 Å². The molecule has 0 spiro atoms. The van der Waals surface area contributed by atoms with Crippen LogP contribution in [-0.2, 0) is 0 Å². The van der Waals surface area contributed by atoms with Gasteiger partial charge < -0.3 is 14.7 Å². The van der Waals surface area contributed by atoms with Crippen molar-refractivity contribution in [3.05, 3.63) is 54.4 Å². The second kappa shape index (κ2) is 8.09. The number of aliphatic hydroxyl groups excluding tert-OH is 1. The van der Waals surface area contributed by atoms with Gasteiger partial charge >= 0.3 is 0 Å². The maximum atomic E-state index is 12.6. The Balaban J connectivity index is 1.56. The molecule has 1 aromatic carbocycles. The Morgan fingerprint density at radius 3 is 2.48 bits per heavy atom. The van der Waals surface area contributed by atoms with Gasteiger partial charge in [-0.05, 0) is 43.3 Å². The van der Waals surface area contributed by atoms with Crippen molar-refractivity contribution in [2.45, 2.75) is 13.0 Å². The average Bonchev–Trinajstić information content (AvgIpc) is 2.63. The smallest absolute Gasteiger partial charge is 0.253 e. The maximum absolute atomic E-state index is 12.6. The van der Waals surface area contributed by atoms with Gasteiger partial charge in [0.1, 0.15) is 11.5 Å². The van der Waals surface area contributed by atoms with Crippen molar-refractivity contribution in [2.24, 2.45) is 0 Å². The number of piperazine rings is 1. The van der Waals surface area contributed by atoms with Crippen LogP contribution in [-0.4, -0.2) is 64.6 Å². The van der Waals surface area contributed by atoms with E-state index < -0.39 is 0 Å². The molecule has 2 heterocycles. The van der Waals surface area contributed by atoms with Gasteiger partial charge in [0.05, 0.1) is 12.3 Å². The molecule has 0 radical (unpaired) electrons. The van der Waals surface area contributed by atoms with Crippen LogP contribution in [0.3, 0.4) is 0 Å². The van der Waals surface area contributed by atoms with E-state index in [2.05, 4.69) is 9.88 Å². The third-order valence-electron chi connectivity index (χ3n) is 4.15. The zero-order chi connectivity index (χ0) is 17.6. The Bertz CT molecular complexity index is 681. The highest BCUT2D eigenvalue weighted by Crippen LogP contribution is 2.21. The standard InChI is InChI=1S/C19H23N3O3/c1-15(23)14-21-9-11-22(12-10-21)19(24)16-4-6-17(7-5-16)25-18-3-2-8-20-13-18/h2-8,13,15,23H,9-12,14H2,1H3. The van der Waals surface area contributed by atoms with Gasteiger partial charge in [0.25, 0.3) is 5.91 Å². The number of amides is 1. The molecule has 3 rings (SSSR count). The van der Waals surface area contributed by atoms with Gasteiger partial charge in [0.15, 0.2) is 0 Å². The molecule has 132 valence electrons. The van der Waals surface area contributed by atoms with Crippen LogP contribution in [0.15, 0.2) is 48.8 Å². The molecule has 1 saturated heterocycles. The second-order valence-electron chi connectivity index (χ2n) is 6.26. The molecule has 1 fully saturated rings. The van der Waals surface area contributed by atoms with Gasteiger partial charge in [-0.2, -0.15) is 0 Å². The molecular formula is C19H23N3O3. The number of nitrogens with zero attached hydrogens (tertiary/aromatic N) is 3. The number of ether oxygens (including phenoxy) is 1. The molecule has 1 aliphatic heterocycles. The van der Waals surface area contributed by atoms with E-state index in [0.717, 1.165) is 13.1 Å². The van der Waals surface area contributed by atoms with E-state index in [1.165, 1.54) is 0 Å². The summed E-state index contributed by atoms with van der Waals surface area (Å²) in [6, 6.07) is 10.8. The summed E-state index contributed by atoms with van der Waals surface area (Å²) in [7, 11) is 0. The number of benzene rings is 1. The van der Waals surface area contributed by atoms with Gasteiger partial charge in [0.2, 0.25) is 0 Å². The molecule has 1 unspecified atom stereocenters. The normalized spacial score (nSPS) is 16.5. The third-order valence-corrected chi connectivity index (χ3v) is 4.15. The first-order valence-electron chi connectivity index (χ1n) is 8.49. The molecule has 25 heavy (non-hydrogen) atoms. The first-order valence-corrected chi connectivity index (χ1v) is 8.49. The highest BCUT2D eigenvalue weighted by molar-refractivity contribution is 5.94. The number of pyridine rings is 1. The third kappa shape index (κ3) is 4.78. The molecule has 2 aromatic rings. The van der Waals surface area contributed by atoms with Gasteiger partial charge in [-0.1, -0.05) is 0 Å². The fourth-order valence-corrected chi connectivity index (χ4v) is 2.90. The lowest BCUT2D eigenvalue weighted by Gasteiger charge is -2.35. The minimum absolute atomic E-state index is 0.0321. The summed E-state index contributed by atoms with van der Waals surface area (Å²) in [6.45, 7) is 5.38. The number of carbonyl (C=O) groups is 1. The van der Waals surface area contributed by atoms with Crippen molar-refractivity contribution in [2.75, 3.05) is 32.7 Å². The van der Waals surface area contributed by atoms with Gasteiger partial charge in [-0.25, -0.2) is 0 Å². The lowest BCUT2D eigenvalue weighted by molar-refractivity contribution is 0.0554. The topological polar surface area (TPSA) is 65.9 Å². The number of aromatic nitrogens is 1. The number of hydrogen-bond acceptors (Lipinski definition) is 5. The summed E-state index contributed by atoms with van der Waals surface area (Å²) in [4.78, 5) is 20.6. The summed E-state index contributed by atoms with van der Waals surface area (Å²) in [5.41, 5.74) is 0.655. The Hall–Kier alpha value is -2.44. The molecule has 1 N–H and O–H groups in total. The number of aliphatic hydroxyl groups is 1. The lowest BCUT2D eigenvalue weighted by Crippen LogP contribution is -2.50. The van der Waals surface area contributed by atoms with E-state index in [1.54, 1.807) is 43.6 Å². The van der Waals surface area contributed by atoms with Gasteiger partial charge in [-0.3, -0.25) is 14.7 Å². The van der Waals surface area contributed by atoms with Crippen molar-refractivity contribution in [3.8, 4) is 11.5 Å². The minimum atomic E-state index is -0.338. The molecular weight excluding hydrogens is 318 g/mol. The Kier molecular flexibility index (Phi) is 5.63. The second-order valence-corrected chi connectivity index (χ2v) is 6.26. The van der Waals surface area contributed by atoms with Crippen LogP contribution < -0.4 is 4.74 Å². The summed E-state index contributed by atoms with van der Waals surface area (Å²) < 4.78 is 5.69. The van der Waals surface area contributed by atoms with E-state index in [4.69, 9.17) is 4.74 Å². The van der Waals surface area contributed by atoms with Crippen LogP contribution >= 0.6 is 0 Å². The Morgan fingerprint density at radius 1 is 1.16 bits per heavy atom. The van der Waals surface area contributed by atoms with Gasteiger partial charge in [0, 0.05) is 44.5 Å². The van der Waals surface area contributed by atoms with Gasteiger partial charge in [-0.15, -0.1) is 0 Å². The largest absolute Gasteiger partial charge is 0.456 e. The Labute approximate surface area is 147 Å². The summed E-state index contributed by atoms with van der Waals surface area (Å²) in [5, 5.41) is 9.45. The first-order chi connectivity index (χ1) is 12.1. The van der Waals surface area contributed by atoms with Crippen molar-refractivity contribution in [1.82, 2.24) is 14.8 Å². The fourth-order valence-electron chi connectivity index (χ4n) is 2.90. The van der Waals surface area contributed by atoms with E-state index >= 15 is 0 Å². The molecule has 6 heteroatoms. The number of hydrogen-bond donors (Lipinski definition) is 1. The number of β-amino-alcohol motifs (C(OH)–C–C–N with tert-alkyl or cyclic N) is 1. The minimum Gasteiger partial charge on any atom is -0.456 e. The van der Waals surface area contributed by atoms with Crippen LogP contribution in [0.1, 0.15) is 17.3 Å². The molecule has 0 bridgehead atoms. The zero-order valence-electron chi connectivity index (χ0n) is 14.3. The predicted molar refractivity (Wildman–Crippen MR) is 94.8 cm³/mol. The van der Waals surface area contributed by atoms with Crippen LogP contribution in [0, 0.1) is 0 Å². The highest BCUT2D eigenvalue weighted by Gasteiger charge is 2.22. The molecule has 0 aliphatic carbocycles. The zero-order valence-corrected chi connectivity index (χ0v) is 14.3. The maximum Gasteiger partial charge on any atom is 0.253 e. The average molecular weight is 341 g/mol. The summed E-state index contributed by atoms with van der Waals surface area (Å²) >= 11 is 0. The Morgan fingerprint density at radius 2 is 1.88 bits per heavy atom. The van der Waals surface area contributed by atoms with Crippen LogP contribution in [0.4, 0.5) is 0 Å². The van der Waals surface area contributed by atoms with Crippen LogP contribution in [0.5, 0.6) is 11.5 Å². The fraction of sp³-hybridized carbons (Fsp3) is 0.368. The predicted octanol–water partition coefficient (Wildman–Crippen LogP) is 2.01. The van der Waals surface area contributed by atoms with E-state index in [0.29, 0.717) is 36.7 Å². The molecule has 1 aromatic heterocycles. The first kappa shape index (κ1) is 17.4. The van der Waals surface area contributed by atoms with Crippen molar-refractivity contribution < 1.29 is 14.6 Å². The van der Waals surface area contributed by atoms with E-state index in [-0.39, 0.29) is 12.0 Å². The number of carbonyl (C=O) groups excluding carboxylic acids is 1. The van der Waals surface area contributed by atoms with Crippen LogP contribution in [0.25, 0.3) is 0 Å². The molecule has 0 saturated carbocycles. The van der Waals surface area contributed by atoms with Crippen molar-refractivity contribution in [3.63, 3.8) is 0 Å². The highest BCUT2D eigenvalue weighted by atomic mass is 16.5. The summed E-state index contributed by atoms with van der Waals surface area (Å²) in [5.74, 6) is 1.37. The molecule has 1 aliphatic rings. The molecule has 1 amide bonds. The monoisotopic (exact) mass is 341 g/mol. The molecule has 6 nitrogen and oxygen atoms in total. The van der Waals surface area contributed by atoms with E-state index in [9.17, 15) is 9.90 Å². The van der Waals surface area contributed by atoms with E-state index in [1.807, 2.05) is 17.0 Å². The van der Waals surface area contributed by atoms with Crippen LogP contribution in [0.2, 0.25) is 0 Å². The molecule has 1 atom stereocenters. The SMILES string of the molecule is CC(O)CN1CCN(C(=O)c2ccc(Oc3cccnc3)cc2)CC1. The lowest BCUT2D eigenvalue weighted by atomic mass is 10.1. The van der Waals surface area contributed by atoms with Crippen molar-refractivity contribution in [1.29, 1.82) is 0 Å². The summed E-state index contributed by atoms with van der Waals surface area (Å²) in [6.07, 6.45) is 3.00.